The molecule has 162 valence electrons. The molecule has 1 fully saturated rings. The van der Waals surface area contributed by atoms with Crippen LogP contribution in [0.2, 0.25) is 0 Å². The van der Waals surface area contributed by atoms with Crippen molar-refractivity contribution in [2.75, 3.05) is 6.61 Å². The van der Waals surface area contributed by atoms with Crippen LogP contribution < -0.4 is 10.0 Å². The molecule has 1 amide bonds. The highest BCUT2D eigenvalue weighted by Crippen LogP contribution is 2.29. The predicted octanol–water partition coefficient (Wildman–Crippen LogP) is 2.51. The normalized spacial score (nSPS) is 22.2. The van der Waals surface area contributed by atoms with Crippen LogP contribution in [0.1, 0.15) is 46.1 Å². The van der Waals surface area contributed by atoms with Crippen molar-refractivity contribution >= 4 is 22.1 Å². The predicted molar refractivity (Wildman–Crippen MR) is 108 cm³/mol. The average molecular weight is 427 g/mol. The van der Waals surface area contributed by atoms with Gasteiger partial charge in [0.2, 0.25) is 10.0 Å². The third-order valence-corrected chi connectivity index (χ3v) is 6.07. The van der Waals surface area contributed by atoms with Crippen molar-refractivity contribution in [1.82, 2.24) is 10.0 Å². The molecule has 3 atom stereocenters. The Morgan fingerprint density at radius 2 is 1.76 bits per heavy atom. The summed E-state index contributed by atoms with van der Waals surface area (Å²) in [6, 6.07) is 5.02. The largest absolute Gasteiger partial charge is 0.466 e. The van der Waals surface area contributed by atoms with Crippen molar-refractivity contribution in [3.8, 4) is 0 Å². The standard InChI is InChI=1S/C20H30N2O6S/c1-6-27-18(23)15-11-12-16(17(15)21-19(24)28-20(3,4)5)22-29(25,26)14-9-7-13(2)8-10-14/h7-10,15-17,22H,6,11-12H2,1-5H3,(H,21,24)/t15-,16-,17+/m1/s1. The number of aryl methyl sites for hydroxylation is 1. The summed E-state index contributed by atoms with van der Waals surface area (Å²) in [5.74, 6) is -1.13. The number of hydrogen-bond donors (Lipinski definition) is 2. The number of hydrogen-bond acceptors (Lipinski definition) is 6. The fraction of sp³-hybridized carbons (Fsp3) is 0.600. The lowest BCUT2D eigenvalue weighted by molar-refractivity contribution is -0.148. The molecule has 8 nitrogen and oxygen atoms in total. The first-order valence-corrected chi connectivity index (χ1v) is 11.2. The lowest BCUT2D eigenvalue weighted by Gasteiger charge is -2.27. The summed E-state index contributed by atoms with van der Waals surface area (Å²) in [4.78, 5) is 24.8. The third kappa shape index (κ3) is 6.43. The van der Waals surface area contributed by atoms with Crippen LogP contribution in [0.4, 0.5) is 4.79 Å². The molecular weight excluding hydrogens is 396 g/mol. The molecule has 0 bridgehead atoms. The smallest absolute Gasteiger partial charge is 0.407 e. The summed E-state index contributed by atoms with van der Waals surface area (Å²) in [5.41, 5.74) is 0.218. The van der Waals surface area contributed by atoms with Gasteiger partial charge in [-0.3, -0.25) is 4.79 Å². The number of alkyl carbamates (subject to hydrolysis) is 1. The number of ether oxygens (including phenoxy) is 2. The van der Waals surface area contributed by atoms with Gasteiger partial charge in [-0.05, 0) is 59.6 Å². The maximum Gasteiger partial charge on any atom is 0.407 e. The highest BCUT2D eigenvalue weighted by Gasteiger charge is 2.44. The van der Waals surface area contributed by atoms with Gasteiger partial charge in [0.25, 0.3) is 0 Å². The van der Waals surface area contributed by atoms with Crippen LogP contribution in [0.15, 0.2) is 29.2 Å². The second-order valence-corrected chi connectivity index (χ2v) is 9.86. The molecule has 29 heavy (non-hydrogen) atoms. The van der Waals surface area contributed by atoms with Gasteiger partial charge in [0.1, 0.15) is 5.60 Å². The minimum Gasteiger partial charge on any atom is -0.466 e. The van der Waals surface area contributed by atoms with Gasteiger partial charge in [-0.25, -0.2) is 17.9 Å². The summed E-state index contributed by atoms with van der Waals surface area (Å²) < 4.78 is 38.6. The minimum absolute atomic E-state index is 0.124. The van der Waals surface area contributed by atoms with E-state index in [1.807, 2.05) is 6.92 Å². The maximum atomic E-state index is 12.8. The summed E-state index contributed by atoms with van der Waals surface area (Å²) in [6.07, 6.45) is 0.0633. The van der Waals surface area contributed by atoms with Crippen molar-refractivity contribution < 1.29 is 27.5 Å². The van der Waals surface area contributed by atoms with E-state index in [1.165, 1.54) is 12.1 Å². The van der Waals surface area contributed by atoms with Gasteiger partial charge < -0.3 is 14.8 Å². The van der Waals surface area contributed by atoms with Crippen LogP contribution in [0.25, 0.3) is 0 Å². The second kappa shape index (κ2) is 9.13. The zero-order valence-electron chi connectivity index (χ0n) is 17.5. The van der Waals surface area contributed by atoms with Gasteiger partial charge in [0.15, 0.2) is 0 Å². The molecule has 1 aromatic carbocycles. The van der Waals surface area contributed by atoms with Gasteiger partial charge >= 0.3 is 12.1 Å². The number of esters is 1. The number of carbonyl (C=O) groups excluding carboxylic acids is 2. The fourth-order valence-electron chi connectivity index (χ4n) is 3.27. The van der Waals surface area contributed by atoms with Crippen LogP contribution >= 0.6 is 0 Å². The summed E-state index contributed by atoms with van der Waals surface area (Å²) in [7, 11) is -3.82. The van der Waals surface area contributed by atoms with Crippen molar-refractivity contribution in [3.05, 3.63) is 29.8 Å². The SMILES string of the molecule is CCOC(=O)[C@@H]1CC[C@@H](NS(=O)(=O)c2ccc(C)cc2)[C@H]1NC(=O)OC(C)(C)C. The summed E-state index contributed by atoms with van der Waals surface area (Å²) in [6.45, 7) is 8.94. The number of benzene rings is 1. The molecule has 0 radical (unpaired) electrons. The molecule has 1 aromatic rings. The Labute approximate surface area is 172 Å². The first kappa shape index (κ1) is 23.2. The van der Waals surface area contributed by atoms with E-state index in [0.29, 0.717) is 12.8 Å². The molecule has 2 rings (SSSR count). The Kier molecular flexibility index (Phi) is 7.29. The Morgan fingerprint density at radius 3 is 2.31 bits per heavy atom. The van der Waals surface area contributed by atoms with Gasteiger partial charge in [0, 0.05) is 6.04 Å². The Bertz CT molecular complexity index is 830. The van der Waals surface area contributed by atoms with Crippen LogP contribution in [0, 0.1) is 12.8 Å². The molecule has 1 aliphatic carbocycles. The maximum absolute atomic E-state index is 12.8. The Hall–Kier alpha value is -2.13. The van der Waals surface area contributed by atoms with Crippen LogP contribution in [0.5, 0.6) is 0 Å². The summed E-state index contributed by atoms with van der Waals surface area (Å²) in [5, 5.41) is 2.67. The van der Waals surface area contributed by atoms with E-state index in [1.54, 1.807) is 39.8 Å². The van der Waals surface area contributed by atoms with Gasteiger partial charge in [-0.2, -0.15) is 0 Å². The quantitative estimate of drug-likeness (QED) is 0.676. The molecule has 0 unspecified atom stereocenters. The third-order valence-electron chi connectivity index (χ3n) is 4.57. The van der Waals surface area contributed by atoms with Gasteiger partial charge in [-0.15, -0.1) is 0 Å². The monoisotopic (exact) mass is 426 g/mol. The fourth-order valence-corrected chi connectivity index (χ4v) is 4.57. The van der Waals surface area contributed by atoms with Crippen molar-refractivity contribution in [2.24, 2.45) is 5.92 Å². The van der Waals surface area contributed by atoms with Crippen molar-refractivity contribution in [1.29, 1.82) is 0 Å². The highest BCUT2D eigenvalue weighted by atomic mass is 32.2. The van der Waals surface area contributed by atoms with E-state index in [-0.39, 0.29) is 11.5 Å². The van der Waals surface area contributed by atoms with E-state index in [2.05, 4.69) is 10.0 Å². The first-order chi connectivity index (χ1) is 13.4. The molecule has 1 saturated carbocycles. The number of carbonyl (C=O) groups is 2. The number of sulfonamides is 1. The van der Waals surface area contributed by atoms with E-state index >= 15 is 0 Å². The van der Waals surface area contributed by atoms with E-state index in [9.17, 15) is 18.0 Å². The molecular formula is C20H30N2O6S. The molecule has 0 saturated heterocycles. The topological polar surface area (TPSA) is 111 Å². The number of amides is 1. The van der Waals surface area contributed by atoms with E-state index in [4.69, 9.17) is 9.47 Å². The summed E-state index contributed by atoms with van der Waals surface area (Å²) >= 11 is 0. The molecule has 0 heterocycles. The van der Waals surface area contributed by atoms with Crippen LogP contribution in [-0.4, -0.2) is 44.8 Å². The second-order valence-electron chi connectivity index (χ2n) is 8.15. The Balaban J connectivity index is 2.22. The highest BCUT2D eigenvalue weighted by molar-refractivity contribution is 7.89. The van der Waals surface area contributed by atoms with Gasteiger partial charge in [0.05, 0.1) is 23.5 Å². The zero-order valence-corrected chi connectivity index (χ0v) is 18.3. The average Bonchev–Trinajstić information content (AvgIpc) is 2.95. The molecule has 0 spiro atoms. The van der Waals surface area contributed by atoms with E-state index in [0.717, 1.165) is 5.56 Å². The van der Waals surface area contributed by atoms with Gasteiger partial charge in [-0.1, -0.05) is 17.7 Å². The molecule has 1 aliphatic rings. The number of rotatable bonds is 6. The van der Waals surface area contributed by atoms with Crippen LogP contribution in [0.3, 0.4) is 0 Å². The molecule has 0 aromatic heterocycles. The number of nitrogens with one attached hydrogen (secondary N) is 2. The molecule has 0 aliphatic heterocycles. The van der Waals surface area contributed by atoms with Crippen molar-refractivity contribution in [3.63, 3.8) is 0 Å². The molecule has 9 heteroatoms. The first-order valence-electron chi connectivity index (χ1n) is 9.68. The van der Waals surface area contributed by atoms with E-state index < -0.39 is 45.7 Å². The van der Waals surface area contributed by atoms with Crippen LogP contribution in [-0.2, 0) is 24.3 Å². The zero-order chi connectivity index (χ0) is 21.8. The van der Waals surface area contributed by atoms with Crippen molar-refractivity contribution in [2.45, 2.75) is 70.0 Å². The molecule has 2 N–H and O–H groups in total. The lowest BCUT2D eigenvalue weighted by Crippen LogP contribution is -2.53. The minimum atomic E-state index is -3.82. The Morgan fingerprint density at radius 1 is 1.14 bits per heavy atom. The lowest BCUT2D eigenvalue weighted by atomic mass is 10.0.